The Morgan fingerprint density at radius 1 is 1.42 bits per heavy atom. The Hall–Kier alpha value is -1.00. The van der Waals surface area contributed by atoms with Crippen LogP contribution in [-0.4, -0.2) is 24.0 Å². The molecule has 2 rings (SSSR count). The Kier molecular flexibility index (Phi) is 4.53. The minimum Gasteiger partial charge on any atom is -0.329 e. The molecule has 0 bridgehead atoms. The van der Waals surface area contributed by atoms with Gasteiger partial charge in [-0.2, -0.15) is 0 Å². The van der Waals surface area contributed by atoms with Crippen molar-refractivity contribution in [3.05, 3.63) is 35.4 Å². The molecule has 19 heavy (non-hydrogen) atoms. The smallest absolute Gasteiger partial charge is 0.128 e. The van der Waals surface area contributed by atoms with Gasteiger partial charge in [0.1, 0.15) is 11.6 Å². The minimum atomic E-state index is -0.391. The molecule has 0 spiro atoms. The SMILES string of the molecule is CC1CCCN(C(C)c2cc(F)ccc2F)C1CN. The Balaban J connectivity index is 2.26. The van der Waals surface area contributed by atoms with E-state index in [4.69, 9.17) is 5.73 Å². The number of nitrogens with zero attached hydrogens (tertiary/aromatic N) is 1. The van der Waals surface area contributed by atoms with Gasteiger partial charge in [-0.1, -0.05) is 6.92 Å². The zero-order valence-electron chi connectivity index (χ0n) is 11.6. The van der Waals surface area contributed by atoms with Gasteiger partial charge >= 0.3 is 0 Å². The maximum Gasteiger partial charge on any atom is 0.128 e. The summed E-state index contributed by atoms with van der Waals surface area (Å²) >= 11 is 0. The van der Waals surface area contributed by atoms with E-state index in [2.05, 4.69) is 11.8 Å². The summed E-state index contributed by atoms with van der Waals surface area (Å²) < 4.78 is 27.2. The first-order valence-electron chi connectivity index (χ1n) is 6.95. The molecule has 2 N–H and O–H groups in total. The first-order valence-corrected chi connectivity index (χ1v) is 6.95. The number of halogens is 2. The number of hydrogen-bond acceptors (Lipinski definition) is 2. The van der Waals surface area contributed by atoms with Crippen molar-refractivity contribution in [3.8, 4) is 0 Å². The van der Waals surface area contributed by atoms with Crippen LogP contribution in [0.2, 0.25) is 0 Å². The lowest BCUT2D eigenvalue weighted by Crippen LogP contribution is -2.49. The first kappa shape index (κ1) is 14.4. The molecule has 1 aromatic rings. The lowest BCUT2D eigenvalue weighted by Gasteiger charge is -2.43. The molecule has 1 saturated heterocycles. The number of likely N-dealkylation sites (tertiary alicyclic amines) is 1. The Bertz CT molecular complexity index is 436. The lowest BCUT2D eigenvalue weighted by molar-refractivity contribution is 0.0674. The highest BCUT2D eigenvalue weighted by Gasteiger charge is 2.32. The first-order chi connectivity index (χ1) is 9.04. The van der Waals surface area contributed by atoms with Crippen LogP contribution >= 0.6 is 0 Å². The molecule has 0 radical (unpaired) electrons. The summed E-state index contributed by atoms with van der Waals surface area (Å²) in [5.74, 6) is -0.238. The molecule has 0 saturated carbocycles. The summed E-state index contributed by atoms with van der Waals surface area (Å²) in [6.45, 7) is 5.56. The van der Waals surface area contributed by atoms with Crippen molar-refractivity contribution in [1.82, 2.24) is 4.90 Å². The van der Waals surface area contributed by atoms with Gasteiger partial charge in [-0.15, -0.1) is 0 Å². The minimum absolute atomic E-state index is 0.146. The number of nitrogens with two attached hydrogens (primary N) is 1. The monoisotopic (exact) mass is 268 g/mol. The molecule has 1 heterocycles. The van der Waals surface area contributed by atoms with Crippen LogP contribution in [-0.2, 0) is 0 Å². The third-order valence-electron chi connectivity index (χ3n) is 4.31. The predicted octanol–water partition coefficient (Wildman–Crippen LogP) is 3.09. The predicted molar refractivity (Wildman–Crippen MR) is 72.7 cm³/mol. The second-order valence-electron chi connectivity index (χ2n) is 5.50. The van der Waals surface area contributed by atoms with E-state index in [1.54, 1.807) is 0 Å². The second kappa shape index (κ2) is 5.97. The van der Waals surface area contributed by atoms with E-state index < -0.39 is 5.82 Å². The molecule has 1 fully saturated rings. The summed E-state index contributed by atoms with van der Waals surface area (Å²) in [6.07, 6.45) is 2.23. The number of rotatable bonds is 3. The van der Waals surface area contributed by atoms with Gasteiger partial charge in [-0.3, -0.25) is 4.90 Å². The van der Waals surface area contributed by atoms with Crippen molar-refractivity contribution in [1.29, 1.82) is 0 Å². The average molecular weight is 268 g/mol. The van der Waals surface area contributed by atoms with Crippen LogP contribution in [0.15, 0.2) is 18.2 Å². The molecule has 0 amide bonds. The van der Waals surface area contributed by atoms with Crippen molar-refractivity contribution in [2.24, 2.45) is 11.7 Å². The molecule has 4 heteroatoms. The Labute approximate surface area is 113 Å². The van der Waals surface area contributed by atoms with Crippen LogP contribution in [0.4, 0.5) is 8.78 Å². The second-order valence-corrected chi connectivity index (χ2v) is 5.50. The molecule has 2 nitrogen and oxygen atoms in total. The van der Waals surface area contributed by atoms with Gasteiger partial charge in [-0.05, 0) is 50.4 Å². The van der Waals surface area contributed by atoms with Crippen molar-refractivity contribution in [2.75, 3.05) is 13.1 Å². The number of hydrogen-bond donors (Lipinski definition) is 1. The fraction of sp³-hybridized carbons (Fsp3) is 0.600. The molecule has 1 aromatic carbocycles. The van der Waals surface area contributed by atoms with Crippen molar-refractivity contribution < 1.29 is 8.78 Å². The van der Waals surface area contributed by atoms with Crippen molar-refractivity contribution >= 4 is 0 Å². The van der Waals surface area contributed by atoms with Gasteiger partial charge in [0.2, 0.25) is 0 Å². The zero-order chi connectivity index (χ0) is 14.0. The molecule has 3 unspecified atom stereocenters. The highest BCUT2D eigenvalue weighted by atomic mass is 19.1. The van der Waals surface area contributed by atoms with E-state index in [1.165, 1.54) is 12.1 Å². The van der Waals surface area contributed by atoms with E-state index in [0.29, 0.717) is 18.0 Å². The third kappa shape index (κ3) is 2.95. The van der Waals surface area contributed by atoms with Crippen LogP contribution in [0.25, 0.3) is 0 Å². The molecule has 1 aliphatic rings. The fourth-order valence-electron chi connectivity index (χ4n) is 3.14. The molecule has 3 atom stereocenters. The summed E-state index contributed by atoms with van der Waals surface area (Å²) in [7, 11) is 0. The highest BCUT2D eigenvalue weighted by molar-refractivity contribution is 5.22. The molecule has 0 aliphatic carbocycles. The molecular weight excluding hydrogens is 246 g/mol. The summed E-state index contributed by atoms with van der Waals surface area (Å²) in [5.41, 5.74) is 6.28. The average Bonchev–Trinajstić information content (AvgIpc) is 2.40. The molecule has 0 aromatic heterocycles. The maximum absolute atomic E-state index is 13.9. The van der Waals surface area contributed by atoms with Crippen LogP contribution in [0, 0.1) is 17.6 Å². The Morgan fingerprint density at radius 3 is 2.84 bits per heavy atom. The van der Waals surface area contributed by atoms with Gasteiger partial charge < -0.3 is 5.73 Å². The molecule has 106 valence electrons. The summed E-state index contributed by atoms with van der Waals surface area (Å²) in [6, 6.07) is 3.75. The van der Waals surface area contributed by atoms with Gasteiger partial charge in [-0.25, -0.2) is 8.78 Å². The van der Waals surface area contributed by atoms with Crippen LogP contribution in [0.3, 0.4) is 0 Å². The van der Waals surface area contributed by atoms with Gasteiger partial charge in [0.25, 0.3) is 0 Å². The van der Waals surface area contributed by atoms with Crippen LogP contribution in [0.1, 0.15) is 38.3 Å². The summed E-state index contributed by atoms with van der Waals surface area (Å²) in [5, 5.41) is 0. The number of benzene rings is 1. The van der Waals surface area contributed by atoms with Crippen molar-refractivity contribution in [2.45, 2.75) is 38.8 Å². The van der Waals surface area contributed by atoms with Crippen LogP contribution in [0.5, 0.6) is 0 Å². The van der Waals surface area contributed by atoms with Gasteiger partial charge in [0, 0.05) is 24.2 Å². The van der Waals surface area contributed by atoms with Crippen LogP contribution < -0.4 is 5.73 Å². The van der Waals surface area contributed by atoms with Gasteiger partial charge in [0.05, 0.1) is 0 Å². The Morgan fingerprint density at radius 2 is 2.16 bits per heavy atom. The molecule has 1 aliphatic heterocycles. The van der Waals surface area contributed by atoms with E-state index in [0.717, 1.165) is 25.5 Å². The fourth-order valence-corrected chi connectivity index (χ4v) is 3.14. The van der Waals surface area contributed by atoms with Crippen molar-refractivity contribution in [3.63, 3.8) is 0 Å². The van der Waals surface area contributed by atoms with E-state index in [1.807, 2.05) is 6.92 Å². The van der Waals surface area contributed by atoms with E-state index >= 15 is 0 Å². The van der Waals surface area contributed by atoms with Gasteiger partial charge in [0.15, 0.2) is 0 Å². The largest absolute Gasteiger partial charge is 0.329 e. The highest BCUT2D eigenvalue weighted by Crippen LogP contribution is 2.32. The van der Waals surface area contributed by atoms with E-state index in [9.17, 15) is 8.78 Å². The third-order valence-corrected chi connectivity index (χ3v) is 4.31. The molecular formula is C15H22F2N2. The maximum atomic E-state index is 13.9. The number of piperidine rings is 1. The quantitative estimate of drug-likeness (QED) is 0.912. The normalized spacial score (nSPS) is 26.4. The summed E-state index contributed by atoms with van der Waals surface area (Å²) in [4.78, 5) is 2.21. The standard InChI is InChI=1S/C15H22F2N2/c1-10-4-3-7-19(15(10)9-18)11(2)13-8-12(16)5-6-14(13)17/h5-6,8,10-11,15H,3-4,7,9,18H2,1-2H3. The zero-order valence-corrected chi connectivity index (χ0v) is 11.6. The topological polar surface area (TPSA) is 29.3 Å². The van der Waals surface area contributed by atoms with E-state index in [-0.39, 0.29) is 17.9 Å². The lowest BCUT2D eigenvalue weighted by atomic mass is 9.88.